The van der Waals surface area contributed by atoms with E-state index < -0.39 is 0 Å². The number of anilines is 1. The average molecular weight is 355 g/mol. The van der Waals surface area contributed by atoms with E-state index in [0.717, 1.165) is 31.4 Å². The van der Waals surface area contributed by atoms with E-state index in [2.05, 4.69) is 17.4 Å². The van der Waals surface area contributed by atoms with Gasteiger partial charge in [0.25, 0.3) is 0 Å². The number of nitrogens with two attached hydrogens (primary N) is 1. The summed E-state index contributed by atoms with van der Waals surface area (Å²) in [5.74, 6) is 0.225. The number of benzene rings is 1. The van der Waals surface area contributed by atoms with Gasteiger partial charge in [0.2, 0.25) is 5.91 Å². The highest BCUT2D eigenvalue weighted by atomic mass is 35.5. The van der Waals surface area contributed by atoms with Crippen molar-refractivity contribution < 1.29 is 4.79 Å². The third-order valence-electron chi connectivity index (χ3n) is 4.83. The van der Waals surface area contributed by atoms with Gasteiger partial charge in [-0.25, -0.2) is 0 Å². The average Bonchev–Trinajstić information content (AvgIpc) is 3.02. The zero-order chi connectivity index (χ0) is 15.4. The number of halogens is 1. The smallest absolute Gasteiger partial charge is 0.227 e. The maximum atomic E-state index is 12.5. The van der Waals surface area contributed by atoms with Crippen LogP contribution in [0.1, 0.15) is 51.4 Å². The van der Waals surface area contributed by atoms with Gasteiger partial charge in [-0.2, -0.15) is 0 Å². The number of thioether (sulfide) groups is 1. The highest BCUT2D eigenvalue weighted by Crippen LogP contribution is 2.38. The molecule has 128 valence electrons. The third-order valence-corrected chi connectivity index (χ3v) is 6.24. The second-order valence-corrected chi connectivity index (χ2v) is 7.98. The van der Waals surface area contributed by atoms with E-state index in [9.17, 15) is 4.79 Å². The van der Waals surface area contributed by atoms with Crippen molar-refractivity contribution in [1.82, 2.24) is 0 Å². The van der Waals surface area contributed by atoms with Crippen LogP contribution in [0.5, 0.6) is 0 Å². The minimum Gasteiger partial charge on any atom is -0.328 e. The lowest BCUT2D eigenvalue weighted by atomic mass is 9.85. The highest BCUT2D eigenvalue weighted by Gasteiger charge is 2.26. The van der Waals surface area contributed by atoms with Crippen LogP contribution in [0, 0.1) is 5.92 Å². The lowest BCUT2D eigenvalue weighted by molar-refractivity contribution is -0.120. The summed E-state index contributed by atoms with van der Waals surface area (Å²) in [5, 5.41) is 3.87. The van der Waals surface area contributed by atoms with Crippen molar-refractivity contribution in [2.75, 3.05) is 5.32 Å². The standard InChI is InChI=1S/C18H26N2OS.ClH/c19-14-7-5-6-13(12-14)18(21)20-16-10-3-4-11-17(16)22-15-8-1-2-9-15;/h3-4,10-11,13-15H,1-2,5-9,12,19H2,(H,20,21);1H. The van der Waals surface area contributed by atoms with E-state index in [1.54, 1.807) is 0 Å². The van der Waals surface area contributed by atoms with Gasteiger partial charge in [-0.3, -0.25) is 4.79 Å². The summed E-state index contributed by atoms with van der Waals surface area (Å²) in [6.45, 7) is 0. The number of amides is 1. The van der Waals surface area contributed by atoms with Gasteiger partial charge in [0.05, 0.1) is 5.69 Å². The Kier molecular flexibility index (Phi) is 7.25. The Morgan fingerprint density at radius 3 is 2.57 bits per heavy atom. The summed E-state index contributed by atoms with van der Waals surface area (Å²) >= 11 is 1.93. The SMILES string of the molecule is Cl.NC1CCCC(C(=O)Nc2ccccc2SC2CCCC2)C1. The predicted molar refractivity (Wildman–Crippen MR) is 100 cm³/mol. The fourth-order valence-electron chi connectivity index (χ4n) is 3.56. The summed E-state index contributed by atoms with van der Waals surface area (Å²) in [4.78, 5) is 13.7. The van der Waals surface area contributed by atoms with E-state index in [1.807, 2.05) is 23.9 Å². The Morgan fingerprint density at radius 1 is 1.09 bits per heavy atom. The van der Waals surface area contributed by atoms with Gasteiger partial charge in [-0.1, -0.05) is 31.4 Å². The number of carbonyl (C=O) groups is 1. The molecule has 3 nitrogen and oxygen atoms in total. The molecule has 5 heteroatoms. The zero-order valence-corrected chi connectivity index (χ0v) is 15.1. The number of hydrogen-bond acceptors (Lipinski definition) is 3. The molecule has 0 radical (unpaired) electrons. The Labute approximate surface area is 149 Å². The zero-order valence-electron chi connectivity index (χ0n) is 13.5. The van der Waals surface area contributed by atoms with Gasteiger partial charge in [-0.05, 0) is 44.2 Å². The molecule has 0 aliphatic heterocycles. The van der Waals surface area contributed by atoms with Gasteiger partial charge >= 0.3 is 0 Å². The number of rotatable bonds is 4. The third kappa shape index (κ3) is 5.13. The molecule has 2 unspecified atom stereocenters. The van der Waals surface area contributed by atoms with Crippen LogP contribution in [0.3, 0.4) is 0 Å². The molecule has 2 fully saturated rings. The van der Waals surface area contributed by atoms with Crippen LogP contribution in [-0.2, 0) is 4.79 Å². The first-order chi connectivity index (χ1) is 10.7. The van der Waals surface area contributed by atoms with Gasteiger partial charge in [0.1, 0.15) is 0 Å². The summed E-state index contributed by atoms with van der Waals surface area (Å²) in [7, 11) is 0. The molecule has 2 atom stereocenters. The van der Waals surface area contributed by atoms with Crippen molar-refractivity contribution in [3.8, 4) is 0 Å². The molecule has 1 amide bonds. The summed E-state index contributed by atoms with van der Waals surface area (Å²) in [6, 6.07) is 8.40. The first-order valence-electron chi connectivity index (χ1n) is 8.54. The molecule has 0 bridgehead atoms. The van der Waals surface area contributed by atoms with Crippen LogP contribution in [0.15, 0.2) is 29.2 Å². The molecule has 2 aliphatic carbocycles. The molecule has 3 rings (SSSR count). The number of para-hydroxylation sites is 1. The minimum absolute atomic E-state index is 0. The maximum absolute atomic E-state index is 12.5. The number of nitrogens with one attached hydrogen (secondary N) is 1. The van der Waals surface area contributed by atoms with Crippen molar-refractivity contribution in [3.05, 3.63) is 24.3 Å². The Balaban J connectivity index is 0.00000192. The first-order valence-corrected chi connectivity index (χ1v) is 9.42. The van der Waals surface area contributed by atoms with Gasteiger partial charge in [-0.15, -0.1) is 24.2 Å². The van der Waals surface area contributed by atoms with E-state index in [1.165, 1.54) is 30.6 Å². The van der Waals surface area contributed by atoms with Gasteiger partial charge in [0, 0.05) is 22.1 Å². The first kappa shape index (κ1) is 18.6. The van der Waals surface area contributed by atoms with Crippen LogP contribution >= 0.6 is 24.2 Å². The largest absolute Gasteiger partial charge is 0.328 e. The summed E-state index contributed by atoms with van der Waals surface area (Å²) in [6.07, 6.45) is 9.18. The molecule has 0 aromatic heterocycles. The molecule has 0 saturated heterocycles. The molecule has 3 N–H and O–H groups in total. The van der Waals surface area contributed by atoms with Crippen LogP contribution in [0.2, 0.25) is 0 Å². The molecular formula is C18H27ClN2OS. The van der Waals surface area contributed by atoms with Crippen molar-refractivity contribution in [2.24, 2.45) is 11.7 Å². The Morgan fingerprint density at radius 2 is 1.83 bits per heavy atom. The molecule has 1 aromatic rings. The summed E-state index contributed by atoms with van der Waals surface area (Å²) in [5.41, 5.74) is 6.99. The fraction of sp³-hybridized carbons (Fsp3) is 0.611. The van der Waals surface area contributed by atoms with Crippen LogP contribution < -0.4 is 11.1 Å². The van der Waals surface area contributed by atoms with Gasteiger partial charge in [0.15, 0.2) is 0 Å². The van der Waals surface area contributed by atoms with Crippen molar-refractivity contribution in [2.45, 2.75) is 67.6 Å². The number of hydrogen-bond donors (Lipinski definition) is 2. The minimum atomic E-state index is 0. The maximum Gasteiger partial charge on any atom is 0.227 e. The van der Waals surface area contributed by atoms with Crippen molar-refractivity contribution in [1.29, 1.82) is 0 Å². The Hall–Kier alpha value is -0.710. The van der Waals surface area contributed by atoms with Crippen LogP contribution in [0.4, 0.5) is 5.69 Å². The van der Waals surface area contributed by atoms with E-state index >= 15 is 0 Å². The van der Waals surface area contributed by atoms with Gasteiger partial charge < -0.3 is 11.1 Å². The van der Waals surface area contributed by atoms with Crippen LogP contribution in [0.25, 0.3) is 0 Å². The normalized spacial score (nSPS) is 24.9. The lowest BCUT2D eigenvalue weighted by Gasteiger charge is -2.26. The second-order valence-electron chi connectivity index (χ2n) is 6.63. The topological polar surface area (TPSA) is 55.1 Å². The van der Waals surface area contributed by atoms with E-state index in [4.69, 9.17) is 5.73 Å². The number of carbonyl (C=O) groups excluding carboxylic acids is 1. The molecule has 1 aromatic carbocycles. The predicted octanol–water partition coefficient (Wildman–Crippen LogP) is 4.60. The molecular weight excluding hydrogens is 328 g/mol. The van der Waals surface area contributed by atoms with E-state index in [0.29, 0.717) is 5.25 Å². The molecule has 2 saturated carbocycles. The molecule has 0 spiro atoms. The lowest BCUT2D eigenvalue weighted by Crippen LogP contribution is -2.34. The Bertz CT molecular complexity index is 519. The van der Waals surface area contributed by atoms with Crippen molar-refractivity contribution in [3.63, 3.8) is 0 Å². The van der Waals surface area contributed by atoms with Crippen molar-refractivity contribution >= 4 is 35.8 Å². The summed E-state index contributed by atoms with van der Waals surface area (Å²) < 4.78 is 0. The molecule has 0 heterocycles. The quantitative estimate of drug-likeness (QED) is 0.830. The van der Waals surface area contributed by atoms with Crippen LogP contribution in [-0.4, -0.2) is 17.2 Å². The monoisotopic (exact) mass is 354 g/mol. The second kappa shape index (κ2) is 8.95. The molecule has 2 aliphatic rings. The fourth-order valence-corrected chi connectivity index (χ4v) is 4.89. The van der Waals surface area contributed by atoms with E-state index in [-0.39, 0.29) is 30.3 Å². The highest BCUT2D eigenvalue weighted by molar-refractivity contribution is 8.00. The molecule has 23 heavy (non-hydrogen) atoms.